The molecule has 0 aromatic heterocycles. The number of aryl methyl sites for hydroxylation is 1. The number of carbonyl (C=O) groups excluding carboxylic acids is 3. The standard InChI is InChI=1S/C25H27N3O5/c1-4-14-9-7-10-16-21(14)26-24(32)25(16)19-18(20(27-25)13(2)29)22(30)28(23(19)31)12-15-8-5-6-11-17(15)33-3/h5-11,13,18-20,27,29H,4,12H2,1-3H3,(H,26,32). The molecule has 0 saturated carbocycles. The lowest BCUT2D eigenvalue weighted by molar-refractivity contribution is -0.143. The Kier molecular flexibility index (Phi) is 5.02. The SMILES string of the molecule is CCc1cccc2c1NC(=O)C21NC(C(C)O)C2C(=O)N(Cc3ccccc3OC)C(=O)C21. The number of benzene rings is 2. The van der Waals surface area contributed by atoms with E-state index in [2.05, 4.69) is 10.6 Å². The Balaban J connectivity index is 1.62. The number of aliphatic hydroxyl groups excluding tert-OH is 1. The van der Waals surface area contributed by atoms with E-state index in [-0.39, 0.29) is 18.4 Å². The van der Waals surface area contributed by atoms with Crippen LogP contribution < -0.4 is 15.4 Å². The Morgan fingerprint density at radius 1 is 1.09 bits per heavy atom. The molecule has 3 aliphatic rings. The van der Waals surface area contributed by atoms with Crippen LogP contribution in [0.1, 0.15) is 30.5 Å². The molecule has 0 bridgehead atoms. The Labute approximate surface area is 191 Å². The van der Waals surface area contributed by atoms with E-state index in [9.17, 15) is 19.5 Å². The van der Waals surface area contributed by atoms with Gasteiger partial charge in [0.15, 0.2) is 0 Å². The quantitative estimate of drug-likeness (QED) is 0.598. The number of rotatable bonds is 5. The molecule has 1 spiro atoms. The van der Waals surface area contributed by atoms with Gasteiger partial charge >= 0.3 is 0 Å². The van der Waals surface area contributed by atoms with Gasteiger partial charge in [-0.25, -0.2) is 0 Å². The number of hydrogen-bond donors (Lipinski definition) is 3. The summed E-state index contributed by atoms with van der Waals surface area (Å²) >= 11 is 0. The Bertz CT molecular complexity index is 1160. The number of anilines is 1. The van der Waals surface area contributed by atoms with Crippen LogP contribution in [0, 0.1) is 11.8 Å². The van der Waals surface area contributed by atoms with Gasteiger partial charge in [0.25, 0.3) is 0 Å². The van der Waals surface area contributed by atoms with Crippen molar-refractivity contribution in [2.24, 2.45) is 11.8 Å². The third kappa shape index (κ3) is 2.87. The number of amides is 3. The topological polar surface area (TPSA) is 108 Å². The summed E-state index contributed by atoms with van der Waals surface area (Å²) in [4.78, 5) is 42.1. The van der Waals surface area contributed by atoms with Gasteiger partial charge in [0.2, 0.25) is 17.7 Å². The molecule has 5 rings (SSSR count). The molecule has 172 valence electrons. The highest BCUT2D eigenvalue weighted by molar-refractivity contribution is 6.15. The zero-order chi connectivity index (χ0) is 23.5. The van der Waals surface area contributed by atoms with Gasteiger partial charge in [-0.15, -0.1) is 0 Å². The van der Waals surface area contributed by atoms with Crippen LogP contribution in [0.4, 0.5) is 5.69 Å². The van der Waals surface area contributed by atoms with E-state index in [1.54, 1.807) is 19.1 Å². The van der Waals surface area contributed by atoms with Crippen LogP contribution in [0.25, 0.3) is 0 Å². The summed E-state index contributed by atoms with van der Waals surface area (Å²) in [5.41, 5.74) is 1.59. The van der Waals surface area contributed by atoms with Gasteiger partial charge in [-0.3, -0.25) is 24.6 Å². The average Bonchev–Trinajstić information content (AvgIpc) is 3.40. The van der Waals surface area contributed by atoms with Crippen LogP contribution >= 0.6 is 0 Å². The number of imide groups is 1. The number of hydrogen-bond acceptors (Lipinski definition) is 6. The predicted molar refractivity (Wildman–Crippen MR) is 120 cm³/mol. The van der Waals surface area contributed by atoms with Crippen LogP contribution in [0.5, 0.6) is 5.75 Å². The molecule has 2 aromatic carbocycles. The Morgan fingerprint density at radius 2 is 1.82 bits per heavy atom. The smallest absolute Gasteiger partial charge is 0.250 e. The summed E-state index contributed by atoms with van der Waals surface area (Å²) in [5.74, 6) is -2.40. The van der Waals surface area contributed by atoms with E-state index < -0.39 is 35.4 Å². The van der Waals surface area contributed by atoms with Gasteiger partial charge in [-0.05, 0) is 25.0 Å². The maximum absolute atomic E-state index is 13.8. The number of nitrogens with zero attached hydrogens (tertiary/aromatic N) is 1. The lowest BCUT2D eigenvalue weighted by Crippen LogP contribution is -2.54. The van der Waals surface area contributed by atoms with Crippen molar-refractivity contribution in [3.8, 4) is 5.75 Å². The van der Waals surface area contributed by atoms with Gasteiger partial charge in [-0.2, -0.15) is 0 Å². The summed E-state index contributed by atoms with van der Waals surface area (Å²) in [6.07, 6.45) is -0.230. The normalized spacial score (nSPS) is 28.8. The Hall–Kier alpha value is -3.23. The van der Waals surface area contributed by atoms with Crippen LogP contribution in [0.3, 0.4) is 0 Å². The summed E-state index contributed by atoms with van der Waals surface area (Å²) in [6.45, 7) is 3.61. The zero-order valence-corrected chi connectivity index (χ0v) is 18.8. The van der Waals surface area contributed by atoms with Gasteiger partial charge in [0.1, 0.15) is 11.3 Å². The summed E-state index contributed by atoms with van der Waals surface area (Å²) in [7, 11) is 1.54. The highest BCUT2D eigenvalue weighted by Crippen LogP contribution is 2.54. The number of carbonyl (C=O) groups is 3. The molecule has 5 atom stereocenters. The molecule has 8 nitrogen and oxygen atoms in total. The van der Waals surface area contributed by atoms with Crippen molar-refractivity contribution in [2.45, 2.75) is 44.5 Å². The van der Waals surface area contributed by atoms with E-state index in [0.29, 0.717) is 29.0 Å². The highest BCUT2D eigenvalue weighted by atomic mass is 16.5. The second-order valence-electron chi connectivity index (χ2n) is 8.94. The lowest BCUT2D eigenvalue weighted by atomic mass is 9.76. The number of methoxy groups -OCH3 is 1. The molecule has 3 heterocycles. The second-order valence-corrected chi connectivity index (χ2v) is 8.94. The molecular weight excluding hydrogens is 422 g/mol. The van der Waals surface area contributed by atoms with E-state index >= 15 is 0 Å². The molecule has 8 heteroatoms. The highest BCUT2D eigenvalue weighted by Gasteiger charge is 2.71. The van der Waals surface area contributed by atoms with Crippen molar-refractivity contribution in [3.63, 3.8) is 0 Å². The minimum Gasteiger partial charge on any atom is -0.496 e. The maximum atomic E-state index is 13.8. The zero-order valence-electron chi connectivity index (χ0n) is 18.8. The number of nitrogens with one attached hydrogen (secondary N) is 2. The fraction of sp³-hybridized carbons (Fsp3) is 0.400. The molecule has 3 N–H and O–H groups in total. The monoisotopic (exact) mass is 449 g/mol. The van der Waals surface area contributed by atoms with Gasteiger partial charge in [0.05, 0.1) is 31.6 Å². The van der Waals surface area contributed by atoms with Crippen LogP contribution in [0.2, 0.25) is 0 Å². The van der Waals surface area contributed by atoms with Crippen molar-refractivity contribution in [2.75, 3.05) is 12.4 Å². The first-order valence-electron chi connectivity index (χ1n) is 11.2. The number of aliphatic hydroxyl groups is 1. The van der Waals surface area contributed by atoms with Crippen molar-refractivity contribution < 1.29 is 24.2 Å². The predicted octanol–water partition coefficient (Wildman–Crippen LogP) is 1.56. The number of ether oxygens (including phenoxy) is 1. The summed E-state index contributed by atoms with van der Waals surface area (Å²) < 4.78 is 5.40. The van der Waals surface area contributed by atoms with Crippen molar-refractivity contribution >= 4 is 23.4 Å². The molecule has 2 saturated heterocycles. The summed E-state index contributed by atoms with van der Waals surface area (Å²) in [5, 5.41) is 16.7. The number of para-hydroxylation sites is 2. The largest absolute Gasteiger partial charge is 0.496 e. The average molecular weight is 450 g/mol. The molecule has 3 aliphatic heterocycles. The van der Waals surface area contributed by atoms with Crippen molar-refractivity contribution in [3.05, 3.63) is 59.2 Å². The minimum absolute atomic E-state index is 0.0424. The van der Waals surface area contributed by atoms with Gasteiger partial charge < -0.3 is 15.2 Å². The fourth-order valence-electron chi connectivity index (χ4n) is 5.75. The third-order valence-corrected chi connectivity index (χ3v) is 7.28. The van der Waals surface area contributed by atoms with Gasteiger partial charge in [0, 0.05) is 22.9 Å². The molecular formula is C25H27N3O5. The first kappa shape index (κ1) is 21.6. The lowest BCUT2D eigenvalue weighted by Gasteiger charge is -2.30. The van der Waals surface area contributed by atoms with Crippen molar-refractivity contribution in [1.82, 2.24) is 10.2 Å². The van der Waals surface area contributed by atoms with E-state index in [4.69, 9.17) is 4.74 Å². The molecule has 3 amide bonds. The van der Waals surface area contributed by atoms with E-state index in [1.807, 2.05) is 37.3 Å². The number of fused-ring (bicyclic) bond motifs is 4. The number of likely N-dealkylation sites (tertiary alicyclic amines) is 1. The molecule has 0 radical (unpaired) electrons. The molecule has 2 fully saturated rings. The van der Waals surface area contributed by atoms with E-state index in [1.165, 1.54) is 12.0 Å². The van der Waals surface area contributed by atoms with Crippen LogP contribution in [0.15, 0.2) is 42.5 Å². The van der Waals surface area contributed by atoms with Gasteiger partial charge in [-0.1, -0.05) is 43.3 Å². The third-order valence-electron chi connectivity index (χ3n) is 7.28. The van der Waals surface area contributed by atoms with E-state index in [0.717, 1.165) is 5.56 Å². The van der Waals surface area contributed by atoms with Crippen LogP contribution in [-0.4, -0.2) is 47.0 Å². The van der Waals surface area contributed by atoms with Crippen molar-refractivity contribution in [1.29, 1.82) is 0 Å². The summed E-state index contributed by atoms with van der Waals surface area (Å²) in [6, 6.07) is 12.1. The Morgan fingerprint density at radius 3 is 2.52 bits per heavy atom. The van der Waals surface area contributed by atoms with Crippen LogP contribution in [-0.2, 0) is 32.9 Å². The second kappa shape index (κ2) is 7.67. The molecule has 2 aromatic rings. The first-order valence-corrected chi connectivity index (χ1v) is 11.2. The molecule has 33 heavy (non-hydrogen) atoms. The minimum atomic E-state index is -1.41. The first-order chi connectivity index (χ1) is 15.8. The molecule has 5 unspecified atom stereocenters. The maximum Gasteiger partial charge on any atom is 0.250 e. The molecule has 0 aliphatic carbocycles. The fourth-order valence-corrected chi connectivity index (χ4v) is 5.75.